The molecule has 160 valence electrons. The fourth-order valence-electron chi connectivity index (χ4n) is 4.17. The van der Waals surface area contributed by atoms with E-state index in [1.165, 1.54) is 0 Å². The maximum Gasteiger partial charge on any atom is 0.235 e. The second-order valence-electron chi connectivity index (χ2n) is 7.89. The highest BCUT2D eigenvalue weighted by molar-refractivity contribution is 5.95. The fraction of sp³-hybridized carbons (Fsp3) is 0. The lowest BCUT2D eigenvalue weighted by atomic mass is 10.1. The van der Waals surface area contributed by atoms with E-state index in [4.69, 9.17) is 0 Å². The molecule has 4 N–H and O–H groups in total. The highest BCUT2D eigenvalue weighted by atomic mass is 16.5. The molecule has 0 aliphatic carbocycles. The third-order valence-corrected chi connectivity index (χ3v) is 5.70. The highest BCUT2D eigenvalue weighted by Gasteiger charge is 2.21. The van der Waals surface area contributed by atoms with E-state index in [-0.39, 0.29) is 22.5 Å². The number of H-pyrrole nitrogens is 2. The Hall–Kier alpha value is -4.78. The van der Waals surface area contributed by atoms with Gasteiger partial charge in [0.2, 0.25) is 5.43 Å². The number of aromatic hydroxyl groups is 1. The molecule has 0 saturated carbocycles. The second-order valence-corrected chi connectivity index (χ2v) is 7.89. The van der Waals surface area contributed by atoms with Crippen LogP contribution in [0.15, 0.2) is 77.6 Å². The predicted molar refractivity (Wildman–Crippen MR) is 129 cm³/mol. The third kappa shape index (κ3) is 3.14. The van der Waals surface area contributed by atoms with E-state index < -0.39 is 5.43 Å². The van der Waals surface area contributed by atoms with Crippen molar-refractivity contribution in [2.24, 2.45) is 0 Å². The lowest BCUT2D eigenvalue weighted by Gasteiger charge is -2.00. The van der Waals surface area contributed by atoms with Crippen LogP contribution < -0.4 is 5.43 Å². The lowest BCUT2D eigenvalue weighted by Crippen LogP contribution is -2.07. The van der Waals surface area contributed by atoms with E-state index >= 15 is 0 Å². The smallest absolute Gasteiger partial charge is 0.235 e. The Morgan fingerprint density at radius 2 is 1.42 bits per heavy atom. The molecule has 0 fully saturated rings. The molecule has 5 aromatic rings. The Morgan fingerprint density at radius 3 is 2.12 bits per heavy atom. The molecule has 7 heteroatoms. The Bertz CT molecular complexity index is 1760. The zero-order valence-electron chi connectivity index (χ0n) is 17.3. The summed E-state index contributed by atoms with van der Waals surface area (Å²) in [5, 5.41) is 22.2. The topological polar surface area (TPSA) is 107 Å². The van der Waals surface area contributed by atoms with Crippen LogP contribution in [0.4, 0.5) is 0 Å². The Balaban J connectivity index is 1.82. The molecule has 0 spiro atoms. The van der Waals surface area contributed by atoms with Crippen LogP contribution in [0.2, 0.25) is 0 Å². The summed E-state index contributed by atoms with van der Waals surface area (Å²) in [7, 11) is 0. The van der Waals surface area contributed by atoms with Gasteiger partial charge in [-0.15, -0.1) is 0 Å². The van der Waals surface area contributed by atoms with Crippen molar-refractivity contribution >= 4 is 45.3 Å². The number of hydrogen-bond acceptors (Lipinski definition) is 4. The quantitative estimate of drug-likeness (QED) is 0.269. The van der Waals surface area contributed by atoms with Gasteiger partial charge in [0, 0.05) is 22.1 Å². The minimum atomic E-state index is -0.578. The second kappa shape index (κ2) is 7.13. The van der Waals surface area contributed by atoms with Crippen molar-refractivity contribution < 1.29 is 10.3 Å². The summed E-state index contributed by atoms with van der Waals surface area (Å²) in [4.78, 5) is 24.3. The van der Waals surface area contributed by atoms with E-state index in [0.29, 0.717) is 22.3 Å². The first-order valence-electron chi connectivity index (χ1n) is 10.4. The van der Waals surface area contributed by atoms with Crippen molar-refractivity contribution in [3.63, 3.8) is 0 Å². The Labute approximate surface area is 186 Å². The zero-order valence-corrected chi connectivity index (χ0v) is 17.3. The molecule has 7 nitrogen and oxygen atoms in total. The Morgan fingerprint density at radius 1 is 0.788 bits per heavy atom. The summed E-state index contributed by atoms with van der Waals surface area (Å²) in [6.07, 6.45) is 3.30. The van der Waals surface area contributed by atoms with E-state index in [0.717, 1.165) is 21.3 Å². The molecule has 33 heavy (non-hydrogen) atoms. The molecule has 1 aromatic carbocycles. The molecule has 0 radical (unpaired) electrons. The summed E-state index contributed by atoms with van der Waals surface area (Å²) in [5.74, 6) is -0.301. The van der Waals surface area contributed by atoms with Crippen molar-refractivity contribution in [1.82, 2.24) is 19.7 Å². The van der Waals surface area contributed by atoms with Crippen LogP contribution in [0.3, 0.4) is 0 Å². The van der Waals surface area contributed by atoms with E-state index in [1.807, 2.05) is 66.7 Å². The lowest BCUT2D eigenvalue weighted by molar-refractivity contribution is 0.211. The van der Waals surface area contributed by atoms with Crippen LogP contribution in [0.25, 0.3) is 56.4 Å². The van der Waals surface area contributed by atoms with E-state index in [1.54, 1.807) is 18.2 Å². The average molecular weight is 434 g/mol. The minimum Gasteiger partial charge on any atom is -0.505 e. The highest BCUT2D eigenvalue weighted by Crippen LogP contribution is 2.38. The van der Waals surface area contributed by atoms with Gasteiger partial charge in [-0.05, 0) is 60.2 Å². The molecule has 1 aliphatic heterocycles. The van der Waals surface area contributed by atoms with Gasteiger partial charge in [0.05, 0.1) is 16.8 Å². The molecule has 6 rings (SSSR count). The summed E-state index contributed by atoms with van der Waals surface area (Å²) >= 11 is 0. The maximum absolute atomic E-state index is 13.3. The average Bonchev–Trinajstić information content (AvgIpc) is 3.59. The molecule has 0 atom stereocenters. The van der Waals surface area contributed by atoms with Crippen LogP contribution in [0, 0.1) is 0 Å². The number of fused-ring (bicyclic) bond motifs is 8. The molecule has 8 bridgehead atoms. The molecular formula is C26H18N4O3. The van der Waals surface area contributed by atoms with Crippen molar-refractivity contribution in [3.8, 4) is 16.9 Å². The normalized spacial score (nSPS) is 11.9. The van der Waals surface area contributed by atoms with Crippen LogP contribution >= 0.6 is 0 Å². The monoisotopic (exact) mass is 434 g/mol. The maximum atomic E-state index is 13.3. The van der Waals surface area contributed by atoms with Gasteiger partial charge in [0.1, 0.15) is 5.69 Å². The van der Waals surface area contributed by atoms with Gasteiger partial charge in [0.25, 0.3) is 0 Å². The van der Waals surface area contributed by atoms with Crippen LogP contribution in [-0.4, -0.2) is 30.0 Å². The van der Waals surface area contributed by atoms with Crippen molar-refractivity contribution in [2.75, 3.05) is 0 Å². The minimum absolute atomic E-state index is 0.128. The first-order chi connectivity index (χ1) is 16.1. The number of nitrogens with one attached hydrogen (secondary N) is 2. The molecule has 0 unspecified atom stereocenters. The molecule has 0 saturated heterocycles. The SMILES string of the molecule is O=c1c2nc(cc3ccc(cc4ccc(cc5c(-c6ccccc6)c(O)c1n5O)[nH]4)[nH]3)C=C2. The van der Waals surface area contributed by atoms with Gasteiger partial charge >= 0.3 is 0 Å². The molecule has 4 aromatic heterocycles. The number of rotatable bonds is 1. The Kier molecular flexibility index (Phi) is 4.10. The van der Waals surface area contributed by atoms with Crippen molar-refractivity contribution in [3.05, 3.63) is 94.4 Å². The molecular weight excluding hydrogens is 416 g/mol. The van der Waals surface area contributed by atoms with Gasteiger partial charge in [-0.3, -0.25) is 4.79 Å². The van der Waals surface area contributed by atoms with E-state index in [2.05, 4.69) is 15.0 Å². The fourth-order valence-corrected chi connectivity index (χ4v) is 4.17. The van der Waals surface area contributed by atoms with E-state index in [9.17, 15) is 15.1 Å². The standard InChI is InChI=1S/C26H18N4O3/c31-25-21-11-10-19(29-21)13-18-7-6-16(27-18)12-17-8-9-20(28-17)14-22-23(15-4-2-1-3-5-15)26(32)24(25)30(22)33/h1-14,27-28,32-33H. The third-order valence-electron chi connectivity index (χ3n) is 5.70. The number of benzene rings is 1. The van der Waals surface area contributed by atoms with Crippen molar-refractivity contribution in [2.45, 2.75) is 0 Å². The molecule has 5 heterocycles. The summed E-state index contributed by atoms with van der Waals surface area (Å²) in [5.41, 5.74) is 4.50. The zero-order chi connectivity index (χ0) is 22.5. The van der Waals surface area contributed by atoms with Gasteiger partial charge in [0.15, 0.2) is 11.3 Å². The molecule has 0 amide bonds. The number of hydrogen-bond donors (Lipinski definition) is 4. The van der Waals surface area contributed by atoms with Crippen molar-refractivity contribution in [1.29, 1.82) is 0 Å². The number of aromatic nitrogens is 4. The predicted octanol–water partition coefficient (Wildman–Crippen LogP) is 5.14. The summed E-state index contributed by atoms with van der Waals surface area (Å²) in [6.45, 7) is 0. The van der Waals surface area contributed by atoms with Crippen LogP contribution in [-0.2, 0) is 0 Å². The van der Waals surface area contributed by atoms with Gasteiger partial charge in [-0.1, -0.05) is 30.3 Å². The van der Waals surface area contributed by atoms with Crippen LogP contribution in [0.5, 0.6) is 5.75 Å². The first kappa shape index (κ1) is 18.9. The van der Waals surface area contributed by atoms with Crippen LogP contribution in [0.1, 0.15) is 11.4 Å². The summed E-state index contributed by atoms with van der Waals surface area (Å²) in [6, 6.07) is 22.3. The van der Waals surface area contributed by atoms with Gasteiger partial charge < -0.3 is 20.3 Å². The summed E-state index contributed by atoms with van der Waals surface area (Å²) < 4.78 is 0.741. The number of nitrogens with zero attached hydrogens (tertiary/aromatic N) is 2. The largest absolute Gasteiger partial charge is 0.505 e. The van der Waals surface area contributed by atoms with Gasteiger partial charge in [-0.2, -0.15) is 4.73 Å². The molecule has 1 aliphatic rings. The first-order valence-corrected chi connectivity index (χ1v) is 10.4. The van der Waals surface area contributed by atoms with Gasteiger partial charge in [-0.25, -0.2) is 4.98 Å². The number of aromatic amines is 2.